The predicted octanol–water partition coefficient (Wildman–Crippen LogP) is 4.47. The summed E-state index contributed by atoms with van der Waals surface area (Å²) in [4.78, 5) is 12.4. The number of nitriles is 2. The van der Waals surface area contributed by atoms with Gasteiger partial charge >= 0.3 is 0 Å². The molecule has 6 nitrogen and oxygen atoms in total. The van der Waals surface area contributed by atoms with Gasteiger partial charge in [-0.15, -0.1) is 0 Å². The Kier molecular flexibility index (Phi) is 7.62. The molecule has 0 unspecified atom stereocenters. The molecular formula is C21H18BrN3O3. The van der Waals surface area contributed by atoms with Crippen molar-refractivity contribution in [3.63, 3.8) is 0 Å². The second-order valence-corrected chi connectivity index (χ2v) is 6.51. The number of hydrogen-bond acceptors (Lipinski definition) is 5. The maximum Gasteiger partial charge on any atom is 0.266 e. The summed E-state index contributed by atoms with van der Waals surface area (Å²) in [5, 5.41) is 20.8. The highest BCUT2D eigenvalue weighted by Crippen LogP contribution is 2.37. The number of aryl methyl sites for hydroxylation is 1. The summed E-state index contributed by atoms with van der Waals surface area (Å²) in [6.45, 7) is 1.92. The minimum atomic E-state index is -0.508. The number of hydrogen-bond donors (Lipinski definition) is 1. The van der Waals surface area contributed by atoms with E-state index >= 15 is 0 Å². The number of nitrogens with one attached hydrogen (secondary N) is 1. The molecule has 0 aliphatic carbocycles. The van der Waals surface area contributed by atoms with E-state index in [4.69, 9.17) is 14.7 Å². The quantitative estimate of drug-likeness (QED) is 0.507. The molecule has 0 saturated heterocycles. The third-order valence-corrected chi connectivity index (χ3v) is 4.42. The Morgan fingerprint density at radius 3 is 2.54 bits per heavy atom. The van der Waals surface area contributed by atoms with Gasteiger partial charge in [0.1, 0.15) is 17.7 Å². The SMILES string of the molecule is CCc1ccc(NC(=O)/C(C#N)=C/c2cc(Br)c(OCC#N)c(OC)c2)cc1. The zero-order chi connectivity index (χ0) is 20.5. The van der Waals surface area contributed by atoms with Gasteiger partial charge in [-0.1, -0.05) is 19.1 Å². The molecule has 2 aromatic carbocycles. The number of carbonyl (C=O) groups is 1. The molecule has 1 amide bonds. The summed E-state index contributed by atoms with van der Waals surface area (Å²) in [5.41, 5.74) is 2.28. The molecular weight excluding hydrogens is 422 g/mol. The van der Waals surface area contributed by atoms with Crippen molar-refractivity contribution < 1.29 is 14.3 Å². The topological polar surface area (TPSA) is 95.1 Å². The molecule has 7 heteroatoms. The van der Waals surface area contributed by atoms with Crippen molar-refractivity contribution in [2.24, 2.45) is 0 Å². The third kappa shape index (κ3) is 5.35. The number of rotatable bonds is 7. The first-order valence-electron chi connectivity index (χ1n) is 8.41. The predicted molar refractivity (Wildman–Crippen MR) is 110 cm³/mol. The van der Waals surface area contributed by atoms with Crippen LogP contribution in [-0.2, 0) is 11.2 Å². The van der Waals surface area contributed by atoms with Gasteiger partial charge in [-0.2, -0.15) is 10.5 Å². The lowest BCUT2D eigenvalue weighted by Crippen LogP contribution is -2.13. The summed E-state index contributed by atoms with van der Waals surface area (Å²) in [6.07, 6.45) is 2.36. The number of carbonyl (C=O) groups excluding carboxylic acids is 1. The van der Waals surface area contributed by atoms with E-state index in [0.29, 0.717) is 27.2 Å². The minimum Gasteiger partial charge on any atom is -0.493 e. The normalized spacial score (nSPS) is 10.5. The first-order chi connectivity index (χ1) is 13.5. The van der Waals surface area contributed by atoms with Crippen LogP contribution in [0.4, 0.5) is 5.69 Å². The molecule has 2 rings (SSSR count). The third-order valence-electron chi connectivity index (χ3n) is 3.83. The van der Waals surface area contributed by atoms with E-state index in [9.17, 15) is 10.1 Å². The molecule has 0 saturated carbocycles. The van der Waals surface area contributed by atoms with Crippen LogP contribution >= 0.6 is 15.9 Å². The maximum atomic E-state index is 12.4. The first kappa shape index (κ1) is 21.0. The number of anilines is 1. The summed E-state index contributed by atoms with van der Waals surface area (Å²) in [5.74, 6) is 0.246. The fourth-order valence-electron chi connectivity index (χ4n) is 2.41. The lowest BCUT2D eigenvalue weighted by atomic mass is 10.1. The van der Waals surface area contributed by atoms with Gasteiger partial charge in [0.25, 0.3) is 5.91 Å². The van der Waals surface area contributed by atoms with Crippen molar-refractivity contribution in [1.82, 2.24) is 0 Å². The lowest BCUT2D eigenvalue weighted by Gasteiger charge is -2.12. The maximum absolute atomic E-state index is 12.4. The highest BCUT2D eigenvalue weighted by atomic mass is 79.9. The average molecular weight is 440 g/mol. The lowest BCUT2D eigenvalue weighted by molar-refractivity contribution is -0.112. The number of ether oxygens (including phenoxy) is 2. The number of benzene rings is 2. The molecule has 0 aliphatic rings. The van der Waals surface area contributed by atoms with E-state index in [1.165, 1.54) is 13.2 Å². The largest absolute Gasteiger partial charge is 0.493 e. The average Bonchev–Trinajstić information content (AvgIpc) is 2.71. The van der Waals surface area contributed by atoms with Crippen molar-refractivity contribution in [3.8, 4) is 23.6 Å². The molecule has 142 valence electrons. The highest BCUT2D eigenvalue weighted by Gasteiger charge is 2.14. The van der Waals surface area contributed by atoms with Gasteiger partial charge in [-0.3, -0.25) is 4.79 Å². The second kappa shape index (κ2) is 10.1. The van der Waals surface area contributed by atoms with Crippen molar-refractivity contribution in [2.75, 3.05) is 19.0 Å². The van der Waals surface area contributed by atoms with Crippen LogP contribution < -0.4 is 14.8 Å². The van der Waals surface area contributed by atoms with Gasteiger partial charge in [-0.05, 0) is 63.8 Å². The Hall–Kier alpha value is -3.29. The van der Waals surface area contributed by atoms with Crippen molar-refractivity contribution >= 4 is 33.6 Å². The molecule has 0 aliphatic heterocycles. The molecule has 0 atom stereocenters. The molecule has 1 N–H and O–H groups in total. The van der Waals surface area contributed by atoms with Crippen molar-refractivity contribution in [1.29, 1.82) is 10.5 Å². The number of halogens is 1. The van der Waals surface area contributed by atoms with Crippen LogP contribution in [0.15, 0.2) is 46.4 Å². The Labute approximate surface area is 172 Å². The van der Waals surface area contributed by atoms with E-state index < -0.39 is 5.91 Å². The Bertz CT molecular complexity index is 970. The smallest absolute Gasteiger partial charge is 0.266 e. The number of nitrogens with zero attached hydrogens (tertiary/aromatic N) is 2. The standard InChI is InChI=1S/C21H18BrN3O3/c1-3-14-4-6-17(7-5-14)25-21(26)16(13-24)10-15-11-18(22)20(28-9-8-23)19(12-15)27-2/h4-7,10-12H,3,9H2,1-2H3,(H,25,26)/b16-10+. The fraction of sp³-hybridized carbons (Fsp3) is 0.190. The molecule has 0 fully saturated rings. The van der Waals surface area contributed by atoms with E-state index in [-0.39, 0.29) is 12.2 Å². The molecule has 0 bridgehead atoms. The van der Waals surface area contributed by atoms with Gasteiger partial charge in [0.2, 0.25) is 0 Å². The monoisotopic (exact) mass is 439 g/mol. The summed E-state index contributed by atoms with van der Waals surface area (Å²) >= 11 is 3.36. The Morgan fingerprint density at radius 2 is 1.96 bits per heavy atom. The van der Waals surface area contributed by atoms with Crippen LogP contribution in [0, 0.1) is 22.7 Å². The molecule has 0 spiro atoms. The van der Waals surface area contributed by atoms with E-state index in [1.807, 2.05) is 31.2 Å². The van der Waals surface area contributed by atoms with Gasteiger partial charge in [-0.25, -0.2) is 0 Å². The van der Waals surface area contributed by atoms with E-state index in [2.05, 4.69) is 21.2 Å². The second-order valence-electron chi connectivity index (χ2n) is 5.66. The first-order valence-corrected chi connectivity index (χ1v) is 9.21. The van der Waals surface area contributed by atoms with Gasteiger partial charge in [0.05, 0.1) is 11.6 Å². The van der Waals surface area contributed by atoms with Crippen LogP contribution in [0.2, 0.25) is 0 Å². The van der Waals surface area contributed by atoms with Gasteiger partial charge in [0, 0.05) is 5.69 Å². The fourth-order valence-corrected chi connectivity index (χ4v) is 2.98. The van der Waals surface area contributed by atoms with E-state index in [1.54, 1.807) is 24.3 Å². The minimum absolute atomic E-state index is 0.0563. The van der Waals surface area contributed by atoms with Crippen LogP contribution in [0.1, 0.15) is 18.1 Å². The zero-order valence-electron chi connectivity index (χ0n) is 15.5. The molecule has 0 radical (unpaired) electrons. The van der Waals surface area contributed by atoms with Crippen LogP contribution in [0.25, 0.3) is 6.08 Å². The van der Waals surface area contributed by atoms with Crippen molar-refractivity contribution in [2.45, 2.75) is 13.3 Å². The Morgan fingerprint density at radius 1 is 1.25 bits per heavy atom. The van der Waals surface area contributed by atoms with Crippen LogP contribution in [-0.4, -0.2) is 19.6 Å². The zero-order valence-corrected chi connectivity index (χ0v) is 17.0. The summed E-state index contributed by atoms with van der Waals surface area (Å²) in [7, 11) is 1.46. The van der Waals surface area contributed by atoms with Gasteiger partial charge < -0.3 is 14.8 Å². The summed E-state index contributed by atoms with van der Waals surface area (Å²) < 4.78 is 11.2. The molecule has 2 aromatic rings. The number of methoxy groups -OCH3 is 1. The van der Waals surface area contributed by atoms with Crippen molar-refractivity contribution in [3.05, 3.63) is 57.6 Å². The Balaban J connectivity index is 2.27. The van der Waals surface area contributed by atoms with E-state index in [0.717, 1.165) is 12.0 Å². The number of amides is 1. The molecule has 0 heterocycles. The van der Waals surface area contributed by atoms with Gasteiger partial charge in [0.15, 0.2) is 18.1 Å². The van der Waals surface area contributed by atoms with Crippen LogP contribution in [0.3, 0.4) is 0 Å². The summed E-state index contributed by atoms with van der Waals surface area (Å²) in [6, 6.07) is 14.6. The highest BCUT2D eigenvalue weighted by molar-refractivity contribution is 9.10. The molecule has 28 heavy (non-hydrogen) atoms. The molecule has 0 aromatic heterocycles. The van der Waals surface area contributed by atoms with Crippen LogP contribution in [0.5, 0.6) is 11.5 Å².